The summed E-state index contributed by atoms with van der Waals surface area (Å²) in [5.74, 6) is 1.51. The number of rotatable bonds is 7. The first-order chi connectivity index (χ1) is 17.0. The van der Waals surface area contributed by atoms with E-state index in [1.165, 1.54) is 3.97 Å². The average Bonchev–Trinajstić information content (AvgIpc) is 3.35. The number of hydrogen-bond donors (Lipinski definition) is 0. The van der Waals surface area contributed by atoms with E-state index < -0.39 is 10.0 Å². The van der Waals surface area contributed by atoms with E-state index in [-0.39, 0.29) is 4.90 Å². The Labute approximate surface area is 204 Å². The highest BCUT2D eigenvalue weighted by atomic mass is 32.2. The fourth-order valence-corrected chi connectivity index (χ4v) is 5.41. The Kier molecular flexibility index (Phi) is 5.93. The molecular weight excluding hydrogens is 460 g/mol. The molecule has 0 amide bonds. The van der Waals surface area contributed by atoms with Crippen LogP contribution in [0.4, 0.5) is 17.1 Å². The quantitative estimate of drug-likeness (QED) is 0.269. The van der Waals surface area contributed by atoms with Crippen LogP contribution in [0.15, 0.2) is 114 Å². The van der Waals surface area contributed by atoms with Crippen LogP contribution in [0, 0.1) is 0 Å². The third-order valence-electron chi connectivity index (χ3n) is 5.88. The molecule has 0 aliphatic heterocycles. The summed E-state index contributed by atoms with van der Waals surface area (Å²) >= 11 is 0. The Morgan fingerprint density at radius 3 is 1.63 bits per heavy atom. The second kappa shape index (κ2) is 9.19. The summed E-state index contributed by atoms with van der Waals surface area (Å²) in [5.41, 5.74) is 3.28. The van der Waals surface area contributed by atoms with Crippen molar-refractivity contribution in [2.45, 2.75) is 4.90 Å². The van der Waals surface area contributed by atoms with E-state index >= 15 is 0 Å². The van der Waals surface area contributed by atoms with E-state index in [9.17, 15) is 8.42 Å². The zero-order valence-corrected chi connectivity index (χ0v) is 20.1. The molecule has 0 spiro atoms. The minimum atomic E-state index is -3.75. The molecule has 1 heterocycles. The first kappa shape index (κ1) is 22.6. The SMILES string of the molecule is COc1ccc(N(c2ccc(OC)cc2)c2ccc(S(=O)(=O)n3ccc4ccccc43)cc2)cc1. The Morgan fingerprint density at radius 2 is 1.11 bits per heavy atom. The van der Waals surface area contributed by atoms with E-state index in [2.05, 4.69) is 0 Å². The van der Waals surface area contributed by atoms with Gasteiger partial charge in [0.25, 0.3) is 10.0 Å². The third kappa shape index (κ3) is 4.22. The lowest BCUT2D eigenvalue weighted by molar-refractivity contribution is 0.415. The molecule has 0 radical (unpaired) electrons. The van der Waals surface area contributed by atoms with Gasteiger partial charge < -0.3 is 14.4 Å². The maximum absolute atomic E-state index is 13.4. The Hall–Kier alpha value is -4.23. The molecular formula is C28H24N2O4S. The normalized spacial score (nSPS) is 11.4. The van der Waals surface area contributed by atoms with Crippen molar-refractivity contribution in [3.8, 4) is 11.5 Å². The number of fused-ring (bicyclic) bond motifs is 1. The highest BCUT2D eigenvalue weighted by molar-refractivity contribution is 7.90. The number of hydrogen-bond acceptors (Lipinski definition) is 5. The highest BCUT2D eigenvalue weighted by Crippen LogP contribution is 2.36. The minimum absolute atomic E-state index is 0.215. The Bertz CT molecular complexity index is 1510. The lowest BCUT2D eigenvalue weighted by Gasteiger charge is -2.26. The van der Waals surface area contributed by atoms with Crippen LogP contribution in [0.3, 0.4) is 0 Å². The van der Waals surface area contributed by atoms with Crippen LogP contribution in [0.1, 0.15) is 0 Å². The zero-order chi connectivity index (χ0) is 24.4. The smallest absolute Gasteiger partial charge is 0.268 e. The molecule has 0 aliphatic rings. The summed E-state index contributed by atoms with van der Waals surface area (Å²) in [6.45, 7) is 0. The topological polar surface area (TPSA) is 60.8 Å². The van der Waals surface area contributed by atoms with Gasteiger partial charge in [-0.2, -0.15) is 0 Å². The minimum Gasteiger partial charge on any atom is -0.497 e. The van der Waals surface area contributed by atoms with Gasteiger partial charge >= 0.3 is 0 Å². The lowest BCUT2D eigenvalue weighted by Crippen LogP contribution is -2.13. The van der Waals surface area contributed by atoms with Crippen LogP contribution >= 0.6 is 0 Å². The van der Waals surface area contributed by atoms with Crippen molar-refractivity contribution in [2.24, 2.45) is 0 Å². The molecule has 7 heteroatoms. The molecule has 5 aromatic rings. The first-order valence-corrected chi connectivity index (χ1v) is 12.5. The van der Waals surface area contributed by atoms with Gasteiger partial charge in [-0.3, -0.25) is 0 Å². The second-order valence-corrected chi connectivity index (χ2v) is 9.72. The monoisotopic (exact) mass is 484 g/mol. The molecule has 0 fully saturated rings. The summed E-state index contributed by atoms with van der Waals surface area (Å²) in [4.78, 5) is 2.26. The molecule has 0 aliphatic carbocycles. The second-order valence-electron chi connectivity index (χ2n) is 7.90. The van der Waals surface area contributed by atoms with Crippen molar-refractivity contribution < 1.29 is 17.9 Å². The molecule has 35 heavy (non-hydrogen) atoms. The van der Waals surface area contributed by atoms with E-state index in [0.717, 1.165) is 33.9 Å². The standard InChI is InChI=1S/C28H24N2O4S/c1-33-25-13-7-22(8-14-25)30(23-9-15-26(34-2)16-10-23)24-11-17-27(18-12-24)35(31,32)29-20-19-21-5-3-4-6-28(21)29/h3-20H,1-2H3. The van der Waals surface area contributed by atoms with Crippen molar-refractivity contribution in [1.82, 2.24) is 3.97 Å². The van der Waals surface area contributed by atoms with Crippen LogP contribution in [0.2, 0.25) is 0 Å². The van der Waals surface area contributed by atoms with Crippen LogP contribution in [-0.4, -0.2) is 26.6 Å². The molecule has 0 N–H and O–H groups in total. The molecule has 0 saturated carbocycles. The molecule has 0 unspecified atom stereocenters. The van der Waals surface area contributed by atoms with Crippen LogP contribution in [-0.2, 0) is 10.0 Å². The first-order valence-electron chi connectivity index (χ1n) is 11.0. The van der Waals surface area contributed by atoms with Crippen molar-refractivity contribution in [3.05, 3.63) is 109 Å². The zero-order valence-electron chi connectivity index (χ0n) is 19.3. The Morgan fingerprint density at radius 1 is 0.629 bits per heavy atom. The fourth-order valence-electron chi connectivity index (χ4n) is 4.06. The Balaban J connectivity index is 1.55. The van der Waals surface area contributed by atoms with Gasteiger partial charge in [-0.05, 0) is 84.9 Å². The lowest BCUT2D eigenvalue weighted by atomic mass is 10.2. The number of aromatic nitrogens is 1. The predicted molar refractivity (Wildman–Crippen MR) is 139 cm³/mol. The van der Waals surface area contributed by atoms with Gasteiger partial charge in [-0.1, -0.05) is 18.2 Å². The van der Waals surface area contributed by atoms with Crippen LogP contribution < -0.4 is 14.4 Å². The summed E-state index contributed by atoms with van der Waals surface area (Å²) in [5, 5.41) is 0.873. The van der Waals surface area contributed by atoms with Gasteiger partial charge in [-0.15, -0.1) is 0 Å². The van der Waals surface area contributed by atoms with E-state index in [1.54, 1.807) is 44.7 Å². The average molecular weight is 485 g/mol. The van der Waals surface area contributed by atoms with Gasteiger partial charge in [0.2, 0.25) is 0 Å². The number of para-hydroxylation sites is 1. The largest absolute Gasteiger partial charge is 0.497 e. The van der Waals surface area contributed by atoms with Crippen molar-refractivity contribution in [1.29, 1.82) is 0 Å². The van der Waals surface area contributed by atoms with Gasteiger partial charge in [-0.25, -0.2) is 12.4 Å². The number of nitrogens with zero attached hydrogens (tertiary/aromatic N) is 2. The maximum Gasteiger partial charge on any atom is 0.268 e. The molecule has 4 aromatic carbocycles. The van der Waals surface area contributed by atoms with E-state index in [0.29, 0.717) is 5.52 Å². The molecule has 0 saturated heterocycles. The van der Waals surface area contributed by atoms with Gasteiger partial charge in [0.05, 0.1) is 24.6 Å². The number of methoxy groups -OCH3 is 2. The fraction of sp³-hybridized carbons (Fsp3) is 0.0714. The van der Waals surface area contributed by atoms with Crippen molar-refractivity contribution in [3.63, 3.8) is 0 Å². The van der Waals surface area contributed by atoms with E-state index in [1.807, 2.05) is 83.8 Å². The van der Waals surface area contributed by atoms with Crippen LogP contribution in [0.5, 0.6) is 11.5 Å². The number of anilines is 3. The number of benzene rings is 4. The third-order valence-corrected chi connectivity index (χ3v) is 7.58. The van der Waals surface area contributed by atoms with Gasteiger partial charge in [0.15, 0.2) is 0 Å². The molecule has 0 bridgehead atoms. The van der Waals surface area contributed by atoms with E-state index in [4.69, 9.17) is 9.47 Å². The maximum atomic E-state index is 13.4. The van der Waals surface area contributed by atoms with Crippen molar-refractivity contribution >= 4 is 38.0 Å². The summed E-state index contributed by atoms with van der Waals surface area (Å²) in [6, 6.07) is 31.5. The van der Waals surface area contributed by atoms with Crippen LogP contribution in [0.25, 0.3) is 10.9 Å². The molecule has 0 atom stereocenters. The highest BCUT2D eigenvalue weighted by Gasteiger charge is 2.20. The summed E-state index contributed by atoms with van der Waals surface area (Å²) in [7, 11) is -0.490. The predicted octanol–water partition coefficient (Wildman–Crippen LogP) is 6.37. The molecule has 6 nitrogen and oxygen atoms in total. The summed E-state index contributed by atoms with van der Waals surface area (Å²) in [6.07, 6.45) is 1.59. The van der Waals surface area contributed by atoms with Gasteiger partial charge in [0.1, 0.15) is 11.5 Å². The number of ether oxygens (including phenoxy) is 2. The molecule has 176 valence electrons. The molecule has 1 aromatic heterocycles. The van der Waals surface area contributed by atoms with Crippen molar-refractivity contribution in [2.75, 3.05) is 19.1 Å². The molecule has 5 rings (SSSR count). The summed E-state index contributed by atoms with van der Waals surface area (Å²) < 4.78 is 38.7. The van der Waals surface area contributed by atoms with Gasteiger partial charge in [0, 0.05) is 28.6 Å².